The van der Waals surface area contributed by atoms with E-state index in [4.69, 9.17) is 9.90 Å². The van der Waals surface area contributed by atoms with Gasteiger partial charge in [0.2, 0.25) is 0 Å². The minimum Gasteiger partial charge on any atom is -0.469 e. The molecule has 0 unspecified atom stereocenters. The number of carboxylic acid groups (broad SMARTS) is 1. The van der Waals surface area contributed by atoms with Crippen molar-refractivity contribution in [3.05, 3.63) is 0 Å². The van der Waals surface area contributed by atoms with E-state index in [1.807, 2.05) is 0 Å². The molecular formula is CHClO2Zn. The second-order valence-electron chi connectivity index (χ2n) is 0.253. The predicted octanol–water partition coefficient (Wildman–Crippen LogP) is 0.901. The quantitative estimate of drug-likeness (QED) is 0.407. The molecule has 2 nitrogen and oxygen atoms in total. The number of halogens is 1. The molecule has 0 rings (SSSR count). The van der Waals surface area contributed by atoms with Gasteiger partial charge in [0.1, 0.15) is 0 Å². The Bertz CT molecular complexity index is 32.6. The van der Waals surface area contributed by atoms with Crippen molar-refractivity contribution < 1.29 is 29.4 Å². The van der Waals surface area contributed by atoms with E-state index in [1.165, 1.54) is 0 Å². The molecule has 1 N–H and O–H groups in total. The maximum Gasteiger partial charge on any atom is 0.401 e. The van der Waals surface area contributed by atoms with Crippen LogP contribution in [0.3, 0.4) is 0 Å². The van der Waals surface area contributed by atoms with Crippen molar-refractivity contribution in [2.75, 3.05) is 0 Å². The van der Waals surface area contributed by atoms with E-state index in [2.05, 4.69) is 11.6 Å². The summed E-state index contributed by atoms with van der Waals surface area (Å²) in [6.07, 6.45) is 0. The van der Waals surface area contributed by atoms with E-state index in [9.17, 15) is 0 Å². The Morgan fingerprint density at radius 2 is 1.80 bits per heavy atom. The molecule has 26 valence electrons. The van der Waals surface area contributed by atoms with Crippen molar-refractivity contribution in [2.45, 2.75) is 0 Å². The van der Waals surface area contributed by atoms with Gasteiger partial charge in [0, 0.05) is 31.1 Å². The number of carbonyl (C=O) groups is 1. The number of rotatable bonds is 0. The molecule has 0 aliphatic rings. The fraction of sp³-hybridized carbons (Fsp3) is 0. The molecule has 0 bridgehead atoms. The summed E-state index contributed by atoms with van der Waals surface area (Å²) in [6.45, 7) is 0. The number of hydrogen-bond donors (Lipinski definition) is 1. The maximum atomic E-state index is 8.77. The first-order valence-corrected chi connectivity index (χ1v) is 0.995. The van der Waals surface area contributed by atoms with E-state index >= 15 is 0 Å². The van der Waals surface area contributed by atoms with Gasteiger partial charge >= 0.3 is 5.43 Å². The van der Waals surface area contributed by atoms with Crippen LogP contribution in [0.15, 0.2) is 0 Å². The van der Waals surface area contributed by atoms with Crippen molar-refractivity contribution in [1.82, 2.24) is 0 Å². The van der Waals surface area contributed by atoms with Crippen LogP contribution in [-0.4, -0.2) is 10.5 Å². The van der Waals surface area contributed by atoms with E-state index in [-0.39, 0.29) is 19.5 Å². The van der Waals surface area contributed by atoms with Gasteiger partial charge in [-0.1, -0.05) is 0 Å². The second-order valence-corrected chi connectivity index (χ2v) is 0.576. The maximum absolute atomic E-state index is 8.77. The standard InChI is InChI=1S/CHClO2.Zn/c2-1(3)4;/h(H,3,4);. The number of hydrogen-bond acceptors (Lipinski definition) is 1. The van der Waals surface area contributed by atoms with Gasteiger partial charge in [-0.05, 0) is 0 Å². The van der Waals surface area contributed by atoms with Crippen molar-refractivity contribution in [2.24, 2.45) is 0 Å². The third-order valence-electron chi connectivity index (χ3n) is 0. The average molecular weight is 146 g/mol. The van der Waals surface area contributed by atoms with Crippen molar-refractivity contribution >= 4 is 17.0 Å². The van der Waals surface area contributed by atoms with E-state index in [1.54, 1.807) is 0 Å². The molecule has 0 atom stereocenters. The summed E-state index contributed by atoms with van der Waals surface area (Å²) in [7, 11) is 0. The molecular weight excluding hydrogens is 145 g/mol. The fourth-order valence-electron chi connectivity index (χ4n) is 0. The summed E-state index contributed by atoms with van der Waals surface area (Å²) in [5.41, 5.74) is -1.36. The first-order valence-electron chi connectivity index (χ1n) is 0.617. The van der Waals surface area contributed by atoms with Crippen LogP contribution in [-0.2, 0) is 19.5 Å². The van der Waals surface area contributed by atoms with Crippen LogP contribution in [0.25, 0.3) is 0 Å². The van der Waals surface area contributed by atoms with Gasteiger partial charge in [-0.3, -0.25) is 0 Å². The third-order valence-corrected chi connectivity index (χ3v) is 0. The largest absolute Gasteiger partial charge is 0.469 e. The molecule has 0 aromatic heterocycles. The summed E-state index contributed by atoms with van der Waals surface area (Å²) < 4.78 is 0. The van der Waals surface area contributed by atoms with E-state index in [0.29, 0.717) is 0 Å². The second kappa shape index (κ2) is 4.38. The summed E-state index contributed by atoms with van der Waals surface area (Å²) in [5.74, 6) is 0. The average Bonchev–Trinajstić information content (AvgIpc) is 0.811. The van der Waals surface area contributed by atoms with Gasteiger partial charge in [0.05, 0.1) is 0 Å². The van der Waals surface area contributed by atoms with Crippen molar-refractivity contribution in [1.29, 1.82) is 0 Å². The molecule has 0 spiro atoms. The smallest absolute Gasteiger partial charge is 0.401 e. The Kier molecular flexibility index (Phi) is 7.92. The SMILES string of the molecule is O=C(O)Cl.[Zn]. The summed E-state index contributed by atoms with van der Waals surface area (Å²) >= 11 is 4.19. The zero-order chi connectivity index (χ0) is 3.58. The Hall–Kier alpha value is 0.383. The normalized spacial score (nSPS) is 5.00. The molecule has 0 fully saturated rings. The Labute approximate surface area is 46.9 Å². The van der Waals surface area contributed by atoms with Crippen molar-refractivity contribution in [3.63, 3.8) is 0 Å². The summed E-state index contributed by atoms with van der Waals surface area (Å²) in [4.78, 5) is 8.77. The monoisotopic (exact) mass is 144 g/mol. The van der Waals surface area contributed by atoms with Crippen LogP contribution in [0.5, 0.6) is 0 Å². The van der Waals surface area contributed by atoms with Crippen LogP contribution in [0.1, 0.15) is 0 Å². The van der Waals surface area contributed by atoms with Gasteiger partial charge in [0.25, 0.3) is 0 Å². The molecule has 0 saturated carbocycles. The first kappa shape index (κ1) is 9.04. The molecule has 0 aliphatic carbocycles. The topological polar surface area (TPSA) is 37.3 Å². The fourth-order valence-corrected chi connectivity index (χ4v) is 0. The molecule has 0 aromatic rings. The summed E-state index contributed by atoms with van der Waals surface area (Å²) in [6, 6.07) is 0. The zero-order valence-corrected chi connectivity index (χ0v) is 6.16. The van der Waals surface area contributed by atoms with Gasteiger partial charge in [0.15, 0.2) is 0 Å². The van der Waals surface area contributed by atoms with Crippen LogP contribution in [0, 0.1) is 0 Å². The third kappa shape index (κ3) is 169. The minimum absolute atomic E-state index is 0. The van der Waals surface area contributed by atoms with E-state index < -0.39 is 5.43 Å². The molecule has 0 radical (unpaired) electrons. The molecule has 0 saturated heterocycles. The minimum atomic E-state index is -1.36. The summed E-state index contributed by atoms with van der Waals surface area (Å²) in [5, 5.41) is 7.18. The Morgan fingerprint density at radius 3 is 1.80 bits per heavy atom. The molecule has 0 aromatic carbocycles. The zero-order valence-electron chi connectivity index (χ0n) is 2.44. The molecule has 4 heteroatoms. The molecule has 0 amide bonds. The van der Waals surface area contributed by atoms with Crippen molar-refractivity contribution in [3.8, 4) is 0 Å². The van der Waals surface area contributed by atoms with Gasteiger partial charge < -0.3 is 5.11 Å². The van der Waals surface area contributed by atoms with Crippen LogP contribution in [0.2, 0.25) is 0 Å². The van der Waals surface area contributed by atoms with Gasteiger partial charge in [-0.15, -0.1) is 0 Å². The molecule has 0 aliphatic heterocycles. The van der Waals surface area contributed by atoms with Crippen LogP contribution < -0.4 is 0 Å². The Balaban J connectivity index is 0. The predicted molar refractivity (Wildman–Crippen MR) is 13.9 cm³/mol. The van der Waals surface area contributed by atoms with Crippen LogP contribution in [0.4, 0.5) is 4.79 Å². The van der Waals surface area contributed by atoms with E-state index in [0.717, 1.165) is 0 Å². The first-order chi connectivity index (χ1) is 1.73. The van der Waals surface area contributed by atoms with Gasteiger partial charge in [-0.25, -0.2) is 4.79 Å². The van der Waals surface area contributed by atoms with Gasteiger partial charge in [-0.2, -0.15) is 0 Å². The molecule has 0 heterocycles. The Morgan fingerprint density at radius 1 is 1.80 bits per heavy atom. The van der Waals surface area contributed by atoms with Crippen LogP contribution >= 0.6 is 11.6 Å². The molecule has 5 heavy (non-hydrogen) atoms.